The van der Waals surface area contributed by atoms with Gasteiger partial charge in [-0.05, 0) is 18.6 Å². The SMILES string of the molecule is CC(CCCl)SCCCF. The van der Waals surface area contributed by atoms with Crippen molar-refractivity contribution >= 4 is 23.4 Å². The zero-order valence-electron chi connectivity index (χ0n) is 6.28. The maximum absolute atomic E-state index is 11.6. The lowest BCUT2D eigenvalue weighted by Crippen LogP contribution is -1.98. The predicted octanol–water partition coefficient (Wildman–Crippen LogP) is 3.10. The first-order chi connectivity index (χ1) is 4.81. The van der Waals surface area contributed by atoms with Gasteiger partial charge in [0.1, 0.15) is 0 Å². The molecule has 0 nitrogen and oxygen atoms in total. The molecular weight excluding hydrogens is 171 g/mol. The number of rotatable bonds is 6. The van der Waals surface area contributed by atoms with E-state index in [0.29, 0.717) is 17.6 Å². The van der Waals surface area contributed by atoms with Gasteiger partial charge in [-0.15, -0.1) is 11.6 Å². The highest BCUT2D eigenvalue weighted by Crippen LogP contribution is 2.15. The van der Waals surface area contributed by atoms with Crippen molar-refractivity contribution in [3.63, 3.8) is 0 Å². The van der Waals surface area contributed by atoms with Gasteiger partial charge in [-0.2, -0.15) is 11.8 Å². The summed E-state index contributed by atoms with van der Waals surface area (Å²) in [5.74, 6) is 1.64. The summed E-state index contributed by atoms with van der Waals surface area (Å²) in [6.45, 7) is 1.94. The van der Waals surface area contributed by atoms with E-state index in [-0.39, 0.29) is 6.67 Å². The Morgan fingerprint density at radius 3 is 2.80 bits per heavy atom. The second-order valence-corrected chi connectivity index (χ2v) is 4.13. The molecule has 62 valence electrons. The summed E-state index contributed by atoms with van der Waals surface area (Å²) in [6, 6.07) is 0. The highest BCUT2D eigenvalue weighted by atomic mass is 35.5. The lowest BCUT2D eigenvalue weighted by atomic mass is 10.4. The Bertz CT molecular complexity index is 70.6. The number of halogens is 2. The van der Waals surface area contributed by atoms with Gasteiger partial charge in [0.15, 0.2) is 0 Å². The normalized spacial score (nSPS) is 13.5. The number of thioether (sulfide) groups is 1. The summed E-state index contributed by atoms with van der Waals surface area (Å²) in [7, 11) is 0. The molecular formula is C7H14ClFS. The highest BCUT2D eigenvalue weighted by Gasteiger charge is 1.99. The van der Waals surface area contributed by atoms with Crippen LogP contribution in [0.5, 0.6) is 0 Å². The molecule has 0 amide bonds. The van der Waals surface area contributed by atoms with E-state index < -0.39 is 0 Å². The number of hydrogen-bond acceptors (Lipinski definition) is 1. The first-order valence-electron chi connectivity index (χ1n) is 3.54. The van der Waals surface area contributed by atoms with E-state index in [1.807, 2.05) is 0 Å². The van der Waals surface area contributed by atoms with Crippen LogP contribution in [0.1, 0.15) is 19.8 Å². The molecule has 3 heteroatoms. The molecule has 0 radical (unpaired) electrons. The van der Waals surface area contributed by atoms with Crippen LogP contribution in [0.2, 0.25) is 0 Å². The van der Waals surface area contributed by atoms with Gasteiger partial charge in [-0.1, -0.05) is 6.92 Å². The topological polar surface area (TPSA) is 0 Å². The monoisotopic (exact) mass is 184 g/mol. The van der Waals surface area contributed by atoms with Crippen LogP contribution in [0.25, 0.3) is 0 Å². The summed E-state index contributed by atoms with van der Waals surface area (Å²) in [6.07, 6.45) is 1.70. The maximum atomic E-state index is 11.6. The predicted molar refractivity (Wildman–Crippen MR) is 47.8 cm³/mol. The molecule has 0 aromatic heterocycles. The minimum Gasteiger partial charge on any atom is -0.251 e. The molecule has 0 spiro atoms. The highest BCUT2D eigenvalue weighted by molar-refractivity contribution is 7.99. The molecule has 0 bridgehead atoms. The minimum absolute atomic E-state index is 0.194. The van der Waals surface area contributed by atoms with E-state index in [1.165, 1.54) is 0 Å². The second kappa shape index (κ2) is 7.67. The summed E-state index contributed by atoms with van der Waals surface area (Å²) in [4.78, 5) is 0. The van der Waals surface area contributed by atoms with Gasteiger partial charge in [0.2, 0.25) is 0 Å². The Labute approximate surface area is 71.5 Å². The molecule has 0 aliphatic carbocycles. The van der Waals surface area contributed by atoms with E-state index in [1.54, 1.807) is 11.8 Å². The summed E-state index contributed by atoms with van der Waals surface area (Å²) >= 11 is 7.32. The van der Waals surface area contributed by atoms with Crippen molar-refractivity contribution in [2.24, 2.45) is 0 Å². The molecule has 10 heavy (non-hydrogen) atoms. The van der Waals surface area contributed by atoms with Crippen molar-refractivity contribution in [2.75, 3.05) is 18.3 Å². The Morgan fingerprint density at radius 1 is 1.60 bits per heavy atom. The Balaban J connectivity index is 2.97. The summed E-state index contributed by atoms with van der Waals surface area (Å²) < 4.78 is 11.6. The molecule has 0 fully saturated rings. The minimum atomic E-state index is -0.194. The maximum Gasteiger partial charge on any atom is 0.0902 e. The molecule has 0 saturated carbocycles. The Hall–Kier alpha value is 0.570. The summed E-state index contributed by atoms with van der Waals surface area (Å²) in [5, 5.41) is 0.587. The van der Waals surface area contributed by atoms with Crippen LogP contribution < -0.4 is 0 Å². The van der Waals surface area contributed by atoms with Crippen molar-refractivity contribution in [3.05, 3.63) is 0 Å². The molecule has 0 aromatic rings. The first kappa shape index (κ1) is 10.6. The Morgan fingerprint density at radius 2 is 2.30 bits per heavy atom. The fourth-order valence-corrected chi connectivity index (χ4v) is 2.00. The van der Waals surface area contributed by atoms with Crippen LogP contribution in [0.3, 0.4) is 0 Å². The van der Waals surface area contributed by atoms with Crippen LogP contribution in [0, 0.1) is 0 Å². The molecule has 1 unspecified atom stereocenters. The lowest BCUT2D eigenvalue weighted by molar-refractivity contribution is 0.489. The van der Waals surface area contributed by atoms with Gasteiger partial charge in [-0.3, -0.25) is 4.39 Å². The van der Waals surface area contributed by atoms with Gasteiger partial charge >= 0.3 is 0 Å². The van der Waals surface area contributed by atoms with E-state index in [0.717, 1.165) is 12.2 Å². The van der Waals surface area contributed by atoms with E-state index >= 15 is 0 Å². The van der Waals surface area contributed by atoms with Crippen molar-refractivity contribution in [3.8, 4) is 0 Å². The molecule has 0 aromatic carbocycles. The largest absolute Gasteiger partial charge is 0.251 e. The van der Waals surface area contributed by atoms with Gasteiger partial charge in [-0.25, -0.2) is 0 Å². The van der Waals surface area contributed by atoms with E-state index in [4.69, 9.17) is 11.6 Å². The molecule has 0 N–H and O–H groups in total. The van der Waals surface area contributed by atoms with Gasteiger partial charge in [0, 0.05) is 11.1 Å². The van der Waals surface area contributed by atoms with Crippen molar-refractivity contribution in [2.45, 2.75) is 25.0 Å². The third kappa shape index (κ3) is 6.69. The fraction of sp³-hybridized carbons (Fsp3) is 1.00. The zero-order chi connectivity index (χ0) is 7.82. The second-order valence-electron chi connectivity index (χ2n) is 2.20. The number of hydrogen-bond donors (Lipinski definition) is 0. The molecule has 0 aliphatic rings. The lowest BCUT2D eigenvalue weighted by Gasteiger charge is -2.06. The van der Waals surface area contributed by atoms with Crippen LogP contribution in [-0.4, -0.2) is 23.6 Å². The third-order valence-corrected chi connectivity index (χ3v) is 2.74. The van der Waals surface area contributed by atoms with E-state index in [9.17, 15) is 4.39 Å². The zero-order valence-corrected chi connectivity index (χ0v) is 7.85. The van der Waals surface area contributed by atoms with Crippen LogP contribution >= 0.6 is 23.4 Å². The number of alkyl halides is 2. The molecule has 0 saturated heterocycles. The molecule has 0 heterocycles. The van der Waals surface area contributed by atoms with Crippen LogP contribution in [0.4, 0.5) is 4.39 Å². The summed E-state index contributed by atoms with van der Waals surface area (Å²) in [5.41, 5.74) is 0. The average Bonchev–Trinajstić information content (AvgIpc) is 1.89. The fourth-order valence-electron chi connectivity index (χ4n) is 0.576. The molecule has 1 atom stereocenters. The van der Waals surface area contributed by atoms with Crippen LogP contribution in [0.15, 0.2) is 0 Å². The van der Waals surface area contributed by atoms with E-state index in [2.05, 4.69) is 6.92 Å². The van der Waals surface area contributed by atoms with Gasteiger partial charge in [0.25, 0.3) is 0 Å². The third-order valence-electron chi connectivity index (χ3n) is 1.20. The molecule has 0 rings (SSSR count). The van der Waals surface area contributed by atoms with Crippen molar-refractivity contribution in [1.82, 2.24) is 0 Å². The van der Waals surface area contributed by atoms with Crippen molar-refractivity contribution in [1.29, 1.82) is 0 Å². The molecule has 0 aliphatic heterocycles. The average molecular weight is 185 g/mol. The van der Waals surface area contributed by atoms with Gasteiger partial charge in [0.05, 0.1) is 6.67 Å². The van der Waals surface area contributed by atoms with Crippen LogP contribution in [-0.2, 0) is 0 Å². The smallest absolute Gasteiger partial charge is 0.0902 e. The van der Waals surface area contributed by atoms with Gasteiger partial charge < -0.3 is 0 Å². The van der Waals surface area contributed by atoms with Crippen molar-refractivity contribution < 1.29 is 4.39 Å². The first-order valence-corrected chi connectivity index (χ1v) is 5.13. The quantitative estimate of drug-likeness (QED) is 0.452. The Kier molecular flexibility index (Phi) is 8.11. The standard InChI is InChI=1S/C7H14ClFS/c1-7(3-4-8)10-6-2-5-9/h7H,2-6H2,1H3.